The Kier molecular flexibility index (Phi) is 5.66. The van der Waals surface area contributed by atoms with E-state index in [1.54, 1.807) is 24.3 Å². The van der Waals surface area contributed by atoms with E-state index >= 15 is 0 Å². The third-order valence-corrected chi connectivity index (χ3v) is 7.27. The molecule has 1 fully saturated rings. The van der Waals surface area contributed by atoms with Crippen LogP contribution in [0.1, 0.15) is 24.8 Å². The van der Waals surface area contributed by atoms with Gasteiger partial charge in [0.25, 0.3) is 0 Å². The summed E-state index contributed by atoms with van der Waals surface area (Å²) in [5, 5.41) is 3.11. The molecule has 0 aliphatic carbocycles. The van der Waals surface area contributed by atoms with Crippen LogP contribution in [0.25, 0.3) is 11.0 Å². The van der Waals surface area contributed by atoms with Gasteiger partial charge in [-0.05, 0) is 31.9 Å². The number of nitrogens with zero attached hydrogens (tertiary/aromatic N) is 3. The van der Waals surface area contributed by atoms with Crippen LogP contribution in [0, 0.1) is 18.6 Å². The highest BCUT2D eigenvalue weighted by molar-refractivity contribution is 7.89. The van der Waals surface area contributed by atoms with Gasteiger partial charge in [-0.15, -0.1) is 0 Å². The van der Waals surface area contributed by atoms with E-state index < -0.39 is 21.7 Å². The van der Waals surface area contributed by atoms with Gasteiger partial charge >= 0.3 is 0 Å². The molecule has 30 heavy (non-hydrogen) atoms. The molecule has 3 aromatic rings. The van der Waals surface area contributed by atoms with E-state index in [4.69, 9.17) is 0 Å². The topological polar surface area (TPSA) is 75.2 Å². The van der Waals surface area contributed by atoms with Gasteiger partial charge in [0, 0.05) is 31.3 Å². The minimum Gasteiger partial charge on any atom is -0.367 e. The highest BCUT2D eigenvalue weighted by atomic mass is 32.2. The van der Waals surface area contributed by atoms with Crippen molar-refractivity contribution in [1.82, 2.24) is 14.3 Å². The standard InChI is InChI=1S/C21H22F2N4O2S/c1-14-5-7-16(8-6-14)30(28,29)27-9-3-2-4-15(27)12-25-21-13-24-19-10-17(22)18(23)11-20(19)26-21/h5-8,10-11,13,15H,2-4,9,12H2,1H3,(H,25,26). The van der Waals surface area contributed by atoms with Gasteiger partial charge in [0.15, 0.2) is 11.6 Å². The van der Waals surface area contributed by atoms with E-state index in [0.29, 0.717) is 18.9 Å². The highest BCUT2D eigenvalue weighted by Crippen LogP contribution is 2.26. The zero-order valence-corrected chi connectivity index (χ0v) is 17.3. The Bertz CT molecular complexity index is 1170. The van der Waals surface area contributed by atoms with Crippen LogP contribution in [-0.4, -0.2) is 41.8 Å². The molecule has 1 aromatic heterocycles. The van der Waals surface area contributed by atoms with Crippen LogP contribution in [-0.2, 0) is 10.0 Å². The number of rotatable bonds is 5. The average molecular weight is 432 g/mol. The van der Waals surface area contributed by atoms with Crippen molar-refractivity contribution in [1.29, 1.82) is 0 Å². The zero-order chi connectivity index (χ0) is 21.3. The van der Waals surface area contributed by atoms with Crippen LogP contribution in [0.15, 0.2) is 47.5 Å². The van der Waals surface area contributed by atoms with E-state index in [9.17, 15) is 17.2 Å². The van der Waals surface area contributed by atoms with Crippen LogP contribution in [0.5, 0.6) is 0 Å². The first-order valence-electron chi connectivity index (χ1n) is 9.79. The number of hydrogen-bond acceptors (Lipinski definition) is 5. The molecule has 9 heteroatoms. The van der Waals surface area contributed by atoms with Gasteiger partial charge in [-0.2, -0.15) is 4.31 Å². The number of sulfonamides is 1. The van der Waals surface area contributed by atoms with Crippen LogP contribution in [0.3, 0.4) is 0 Å². The average Bonchev–Trinajstić information content (AvgIpc) is 2.73. The van der Waals surface area contributed by atoms with Crippen molar-refractivity contribution >= 4 is 26.9 Å². The molecule has 1 saturated heterocycles. The normalized spacial score (nSPS) is 17.9. The first-order chi connectivity index (χ1) is 14.3. The fraction of sp³-hybridized carbons (Fsp3) is 0.333. The number of aryl methyl sites for hydroxylation is 1. The van der Waals surface area contributed by atoms with Gasteiger partial charge < -0.3 is 5.32 Å². The summed E-state index contributed by atoms with van der Waals surface area (Å²) in [6, 6.07) is 8.59. The molecule has 0 spiro atoms. The number of nitrogens with one attached hydrogen (secondary N) is 1. The number of fused-ring (bicyclic) bond motifs is 1. The van der Waals surface area contributed by atoms with Crippen molar-refractivity contribution in [2.24, 2.45) is 0 Å². The molecular weight excluding hydrogens is 410 g/mol. The summed E-state index contributed by atoms with van der Waals surface area (Å²) in [6.07, 6.45) is 3.89. The second-order valence-corrected chi connectivity index (χ2v) is 9.36. The van der Waals surface area contributed by atoms with Gasteiger partial charge in [0.05, 0.1) is 22.1 Å². The van der Waals surface area contributed by atoms with Gasteiger partial charge in [-0.25, -0.2) is 22.2 Å². The van der Waals surface area contributed by atoms with E-state index in [-0.39, 0.29) is 22.0 Å². The van der Waals surface area contributed by atoms with Crippen LogP contribution in [0.2, 0.25) is 0 Å². The first kappa shape index (κ1) is 20.6. The smallest absolute Gasteiger partial charge is 0.243 e. The molecule has 1 N–H and O–H groups in total. The summed E-state index contributed by atoms with van der Waals surface area (Å²) >= 11 is 0. The third kappa shape index (κ3) is 4.13. The Morgan fingerprint density at radius 1 is 1.10 bits per heavy atom. The second kappa shape index (κ2) is 8.23. The zero-order valence-electron chi connectivity index (χ0n) is 16.5. The number of anilines is 1. The van der Waals surface area contributed by atoms with Gasteiger partial charge in [-0.1, -0.05) is 24.1 Å². The summed E-state index contributed by atoms with van der Waals surface area (Å²) in [4.78, 5) is 8.66. The van der Waals surface area contributed by atoms with E-state index in [1.807, 2.05) is 6.92 Å². The fourth-order valence-electron chi connectivity index (χ4n) is 3.66. The minimum atomic E-state index is -3.61. The summed E-state index contributed by atoms with van der Waals surface area (Å²) in [7, 11) is -3.61. The van der Waals surface area contributed by atoms with Crippen molar-refractivity contribution in [3.63, 3.8) is 0 Å². The molecule has 0 bridgehead atoms. The molecule has 158 valence electrons. The van der Waals surface area contributed by atoms with Gasteiger partial charge in [0.1, 0.15) is 5.82 Å². The van der Waals surface area contributed by atoms with Crippen LogP contribution < -0.4 is 5.32 Å². The molecule has 6 nitrogen and oxygen atoms in total. The first-order valence-corrected chi connectivity index (χ1v) is 11.2. The Morgan fingerprint density at radius 2 is 1.80 bits per heavy atom. The maximum atomic E-state index is 13.5. The Balaban J connectivity index is 1.53. The SMILES string of the molecule is Cc1ccc(S(=O)(=O)N2CCCCC2CNc2cnc3cc(F)c(F)cc3n2)cc1. The molecule has 2 heterocycles. The van der Waals surface area contributed by atoms with Crippen molar-refractivity contribution in [3.05, 3.63) is 59.8 Å². The van der Waals surface area contributed by atoms with Gasteiger partial charge in [0.2, 0.25) is 10.0 Å². The summed E-state index contributed by atoms with van der Waals surface area (Å²) < 4.78 is 54.7. The number of halogens is 2. The van der Waals surface area contributed by atoms with Crippen LogP contribution in [0.4, 0.5) is 14.6 Å². The quantitative estimate of drug-likeness (QED) is 0.662. The summed E-state index contributed by atoms with van der Waals surface area (Å²) in [5.74, 6) is -1.58. The molecule has 1 aliphatic heterocycles. The second-order valence-electron chi connectivity index (χ2n) is 7.47. The van der Waals surface area contributed by atoms with E-state index in [0.717, 1.165) is 37.0 Å². The maximum Gasteiger partial charge on any atom is 0.243 e. The predicted octanol–water partition coefficient (Wildman–Crippen LogP) is 3.87. The number of aromatic nitrogens is 2. The lowest BCUT2D eigenvalue weighted by Gasteiger charge is -2.34. The van der Waals surface area contributed by atoms with Crippen molar-refractivity contribution in [2.45, 2.75) is 37.1 Å². The third-order valence-electron chi connectivity index (χ3n) is 5.30. The molecule has 1 atom stereocenters. The van der Waals surface area contributed by atoms with Gasteiger partial charge in [-0.3, -0.25) is 4.98 Å². The van der Waals surface area contributed by atoms with Crippen LogP contribution >= 0.6 is 0 Å². The Morgan fingerprint density at radius 3 is 2.53 bits per heavy atom. The molecule has 0 saturated carbocycles. The molecule has 1 unspecified atom stereocenters. The minimum absolute atomic E-state index is 0.228. The predicted molar refractivity (Wildman–Crippen MR) is 111 cm³/mol. The lowest BCUT2D eigenvalue weighted by Crippen LogP contribution is -2.47. The number of benzene rings is 2. The molecule has 1 aliphatic rings. The lowest BCUT2D eigenvalue weighted by atomic mass is 10.1. The molecule has 2 aromatic carbocycles. The Labute approximate surface area is 174 Å². The lowest BCUT2D eigenvalue weighted by molar-refractivity contribution is 0.262. The number of piperidine rings is 1. The highest BCUT2D eigenvalue weighted by Gasteiger charge is 2.33. The van der Waals surface area contributed by atoms with Crippen molar-refractivity contribution in [3.8, 4) is 0 Å². The fourth-order valence-corrected chi connectivity index (χ4v) is 5.35. The maximum absolute atomic E-state index is 13.5. The van der Waals surface area contributed by atoms with E-state index in [2.05, 4.69) is 15.3 Å². The van der Waals surface area contributed by atoms with Crippen molar-refractivity contribution < 1.29 is 17.2 Å². The number of hydrogen-bond donors (Lipinski definition) is 1. The van der Waals surface area contributed by atoms with Crippen molar-refractivity contribution in [2.75, 3.05) is 18.4 Å². The molecule has 4 rings (SSSR count). The summed E-state index contributed by atoms with van der Waals surface area (Å²) in [5.41, 5.74) is 1.48. The molecule has 0 radical (unpaired) electrons. The summed E-state index contributed by atoms with van der Waals surface area (Å²) in [6.45, 7) is 2.71. The Hall–Kier alpha value is -2.65. The van der Waals surface area contributed by atoms with E-state index in [1.165, 1.54) is 10.5 Å². The molecular formula is C21H22F2N4O2S. The monoisotopic (exact) mass is 432 g/mol. The largest absolute Gasteiger partial charge is 0.367 e. The molecule has 0 amide bonds.